The highest BCUT2D eigenvalue weighted by atomic mass is 32.2. The van der Waals surface area contributed by atoms with Crippen molar-refractivity contribution in [3.63, 3.8) is 0 Å². The third kappa shape index (κ3) is 3.37. The molecule has 3 rings (SSSR count). The van der Waals surface area contributed by atoms with E-state index in [9.17, 15) is 4.79 Å². The molecule has 3 aromatic rings. The van der Waals surface area contributed by atoms with Crippen LogP contribution in [-0.4, -0.2) is 33.8 Å². The number of rotatable bonds is 6. The summed E-state index contributed by atoms with van der Waals surface area (Å²) in [5, 5.41) is 9.57. The molecule has 0 bridgehead atoms. The van der Waals surface area contributed by atoms with E-state index >= 15 is 0 Å². The second kappa shape index (κ2) is 6.76. The number of carbonyl (C=O) groups excluding carboxylic acids is 1. The molecule has 0 saturated heterocycles. The molecule has 0 saturated carbocycles. The van der Waals surface area contributed by atoms with Crippen molar-refractivity contribution >= 4 is 28.9 Å². The first kappa shape index (κ1) is 14.8. The van der Waals surface area contributed by atoms with Crippen LogP contribution in [0.2, 0.25) is 0 Å². The van der Waals surface area contributed by atoms with E-state index in [1.165, 1.54) is 11.8 Å². The Balaban J connectivity index is 1.63. The lowest BCUT2D eigenvalue weighted by Gasteiger charge is -2.02. The summed E-state index contributed by atoms with van der Waals surface area (Å²) in [4.78, 5) is 17.6. The van der Waals surface area contributed by atoms with Crippen LogP contribution < -0.4 is 4.74 Å². The zero-order valence-electron chi connectivity index (χ0n) is 11.8. The highest BCUT2D eigenvalue weighted by Crippen LogP contribution is 2.23. The van der Waals surface area contributed by atoms with Gasteiger partial charge >= 0.3 is 0 Å². The van der Waals surface area contributed by atoms with Crippen LogP contribution in [-0.2, 0) is 0 Å². The average Bonchev–Trinajstić information content (AvgIpc) is 3.23. The molecule has 5 nitrogen and oxygen atoms in total. The number of methoxy groups -OCH3 is 1. The SMILES string of the molecule is COc1cccc(C(=O)CSc2n[nH]c(-c3cccs3)n2)c1. The smallest absolute Gasteiger partial charge is 0.209 e. The van der Waals surface area contributed by atoms with Crippen LogP contribution in [0.5, 0.6) is 5.75 Å². The van der Waals surface area contributed by atoms with Crippen LogP contribution in [0.1, 0.15) is 10.4 Å². The van der Waals surface area contributed by atoms with Crippen molar-refractivity contribution in [2.75, 3.05) is 12.9 Å². The number of H-pyrrole nitrogens is 1. The van der Waals surface area contributed by atoms with Gasteiger partial charge in [0.05, 0.1) is 17.7 Å². The third-order valence-corrected chi connectivity index (χ3v) is 4.67. The Kier molecular flexibility index (Phi) is 4.55. The Hall–Kier alpha value is -2.12. The summed E-state index contributed by atoms with van der Waals surface area (Å²) in [6, 6.07) is 11.1. The summed E-state index contributed by atoms with van der Waals surface area (Å²) < 4.78 is 5.12. The van der Waals surface area contributed by atoms with Crippen LogP contribution in [0.3, 0.4) is 0 Å². The van der Waals surface area contributed by atoms with Crippen LogP contribution >= 0.6 is 23.1 Å². The predicted molar refractivity (Wildman–Crippen MR) is 87.7 cm³/mol. The van der Waals surface area contributed by atoms with E-state index in [0.717, 1.165) is 10.7 Å². The highest BCUT2D eigenvalue weighted by molar-refractivity contribution is 7.99. The van der Waals surface area contributed by atoms with Crippen LogP contribution in [0, 0.1) is 0 Å². The molecule has 2 aromatic heterocycles. The molecule has 0 spiro atoms. The van der Waals surface area contributed by atoms with E-state index in [1.807, 2.05) is 23.6 Å². The first-order valence-corrected chi connectivity index (χ1v) is 8.39. The molecule has 0 fully saturated rings. The molecule has 0 radical (unpaired) electrons. The van der Waals surface area contributed by atoms with Gasteiger partial charge in [0.15, 0.2) is 11.6 Å². The van der Waals surface area contributed by atoms with E-state index < -0.39 is 0 Å². The fourth-order valence-corrected chi connectivity index (χ4v) is 3.20. The highest BCUT2D eigenvalue weighted by Gasteiger charge is 2.11. The first-order chi connectivity index (χ1) is 10.8. The lowest BCUT2D eigenvalue weighted by atomic mass is 10.1. The van der Waals surface area contributed by atoms with Crippen molar-refractivity contribution in [1.82, 2.24) is 15.2 Å². The lowest BCUT2D eigenvalue weighted by molar-refractivity contribution is 0.102. The van der Waals surface area contributed by atoms with Crippen molar-refractivity contribution < 1.29 is 9.53 Å². The lowest BCUT2D eigenvalue weighted by Crippen LogP contribution is -2.02. The molecule has 0 aliphatic rings. The van der Waals surface area contributed by atoms with E-state index in [4.69, 9.17) is 4.74 Å². The van der Waals surface area contributed by atoms with Gasteiger partial charge in [0.25, 0.3) is 0 Å². The fraction of sp³-hybridized carbons (Fsp3) is 0.133. The predicted octanol–water partition coefficient (Wildman–Crippen LogP) is 3.52. The Labute approximate surface area is 135 Å². The largest absolute Gasteiger partial charge is 0.497 e. The molecule has 0 unspecified atom stereocenters. The molecule has 1 N–H and O–H groups in total. The van der Waals surface area contributed by atoms with Crippen molar-refractivity contribution in [3.05, 3.63) is 47.3 Å². The van der Waals surface area contributed by atoms with Crippen molar-refractivity contribution in [2.45, 2.75) is 5.16 Å². The number of thiophene rings is 1. The maximum Gasteiger partial charge on any atom is 0.209 e. The number of aromatic nitrogens is 3. The quantitative estimate of drug-likeness (QED) is 0.553. The zero-order valence-corrected chi connectivity index (χ0v) is 13.4. The summed E-state index contributed by atoms with van der Waals surface area (Å²) in [5.74, 6) is 1.71. The topological polar surface area (TPSA) is 67.9 Å². The number of hydrogen-bond donors (Lipinski definition) is 1. The Morgan fingerprint density at radius 1 is 1.36 bits per heavy atom. The Morgan fingerprint density at radius 2 is 2.27 bits per heavy atom. The van der Waals surface area contributed by atoms with E-state index in [1.54, 1.807) is 36.6 Å². The van der Waals surface area contributed by atoms with Crippen LogP contribution in [0.15, 0.2) is 46.9 Å². The molecular weight excluding hydrogens is 318 g/mol. The van der Waals surface area contributed by atoms with Gasteiger partial charge in [0.2, 0.25) is 5.16 Å². The molecule has 112 valence electrons. The second-order valence-electron chi connectivity index (χ2n) is 4.39. The maximum atomic E-state index is 12.2. The van der Waals surface area contributed by atoms with Gasteiger partial charge in [-0.15, -0.1) is 16.4 Å². The van der Waals surface area contributed by atoms with Gasteiger partial charge in [-0.1, -0.05) is 30.0 Å². The van der Waals surface area contributed by atoms with Crippen LogP contribution in [0.25, 0.3) is 10.7 Å². The monoisotopic (exact) mass is 331 g/mol. The standard InChI is InChI=1S/C15H13N3O2S2/c1-20-11-5-2-4-10(8-11)12(19)9-22-15-16-14(17-18-15)13-6-3-7-21-13/h2-8H,9H2,1H3,(H,16,17,18). The molecule has 2 heterocycles. The Morgan fingerprint density at radius 3 is 3.05 bits per heavy atom. The van der Waals surface area contributed by atoms with Crippen molar-refractivity contribution in [3.8, 4) is 16.5 Å². The first-order valence-electron chi connectivity index (χ1n) is 6.52. The maximum absolute atomic E-state index is 12.2. The number of Topliss-reactive ketones (excluding diaryl/α,β-unsaturated/α-hetero) is 1. The second-order valence-corrected chi connectivity index (χ2v) is 6.28. The summed E-state index contributed by atoms with van der Waals surface area (Å²) in [5.41, 5.74) is 0.626. The molecule has 0 aliphatic heterocycles. The van der Waals surface area contributed by atoms with Gasteiger partial charge in [-0.05, 0) is 23.6 Å². The summed E-state index contributed by atoms with van der Waals surface area (Å²) in [7, 11) is 1.58. The zero-order chi connectivity index (χ0) is 15.4. The summed E-state index contributed by atoms with van der Waals surface area (Å²) in [6.45, 7) is 0. The number of ether oxygens (including phenoxy) is 1. The van der Waals surface area contributed by atoms with Crippen molar-refractivity contribution in [2.24, 2.45) is 0 Å². The van der Waals surface area contributed by atoms with Gasteiger partial charge in [0.1, 0.15) is 5.75 Å². The van der Waals surface area contributed by atoms with Gasteiger partial charge in [-0.25, -0.2) is 4.98 Å². The summed E-state index contributed by atoms with van der Waals surface area (Å²) in [6.07, 6.45) is 0. The summed E-state index contributed by atoms with van der Waals surface area (Å²) >= 11 is 2.91. The van der Waals surface area contributed by atoms with Gasteiger partial charge in [-0.3, -0.25) is 9.89 Å². The average molecular weight is 331 g/mol. The minimum absolute atomic E-state index is 0.0198. The molecule has 1 aromatic carbocycles. The molecule has 0 atom stereocenters. The van der Waals surface area contributed by atoms with Crippen LogP contribution in [0.4, 0.5) is 0 Å². The number of benzene rings is 1. The molecule has 0 amide bonds. The number of nitrogens with zero attached hydrogens (tertiary/aromatic N) is 2. The minimum atomic E-state index is 0.0198. The van der Waals surface area contributed by atoms with E-state index in [0.29, 0.717) is 16.5 Å². The number of carbonyl (C=O) groups is 1. The fourth-order valence-electron chi connectivity index (χ4n) is 1.84. The number of nitrogens with one attached hydrogen (secondary N) is 1. The molecular formula is C15H13N3O2S2. The number of aromatic amines is 1. The number of hydrogen-bond acceptors (Lipinski definition) is 6. The Bertz CT molecular complexity index is 769. The van der Waals surface area contributed by atoms with E-state index in [2.05, 4.69) is 15.2 Å². The van der Waals surface area contributed by atoms with Gasteiger partial charge in [0, 0.05) is 5.56 Å². The van der Waals surface area contributed by atoms with Gasteiger partial charge in [-0.2, -0.15) is 0 Å². The number of ketones is 1. The van der Waals surface area contributed by atoms with Gasteiger partial charge < -0.3 is 4.74 Å². The van der Waals surface area contributed by atoms with Crippen molar-refractivity contribution in [1.29, 1.82) is 0 Å². The third-order valence-electron chi connectivity index (χ3n) is 2.94. The minimum Gasteiger partial charge on any atom is -0.497 e. The molecule has 7 heteroatoms. The normalized spacial score (nSPS) is 10.6. The molecule has 22 heavy (non-hydrogen) atoms. The van der Waals surface area contributed by atoms with E-state index in [-0.39, 0.29) is 11.5 Å². The molecule has 0 aliphatic carbocycles. The number of thioether (sulfide) groups is 1.